The summed E-state index contributed by atoms with van der Waals surface area (Å²) in [5.74, 6) is 2.18. The molecule has 0 atom stereocenters. The molecule has 4 aromatic heterocycles. The summed E-state index contributed by atoms with van der Waals surface area (Å²) in [6.45, 7) is 0. The molecule has 7 rings (SSSR count). The van der Waals surface area contributed by atoms with Crippen LogP contribution in [0.15, 0.2) is 59.9 Å². The van der Waals surface area contributed by atoms with Crippen LogP contribution in [0.4, 0.5) is 0 Å². The van der Waals surface area contributed by atoms with Crippen molar-refractivity contribution in [2.75, 3.05) is 0 Å². The minimum Gasteiger partial charge on any atom is -0.357 e. The number of aromatic nitrogens is 6. The van der Waals surface area contributed by atoms with Crippen LogP contribution >= 0.6 is 0 Å². The maximum Gasteiger partial charge on any atom is 0.280 e. The molecule has 8 heteroatoms. The molecular weight excluding hydrogens is 450 g/mol. The molecule has 0 saturated heterocycles. The van der Waals surface area contributed by atoms with E-state index in [2.05, 4.69) is 27.3 Å². The van der Waals surface area contributed by atoms with Crippen LogP contribution in [-0.4, -0.2) is 29.3 Å². The van der Waals surface area contributed by atoms with Gasteiger partial charge in [-0.05, 0) is 78.6 Å². The van der Waals surface area contributed by atoms with Crippen LogP contribution in [0.3, 0.4) is 0 Å². The average Bonchev–Trinajstić information content (AvgIpc) is 3.83. The quantitative estimate of drug-likeness (QED) is 0.395. The summed E-state index contributed by atoms with van der Waals surface area (Å²) in [7, 11) is 1.89. The van der Waals surface area contributed by atoms with Crippen molar-refractivity contribution >= 4 is 10.9 Å². The highest BCUT2D eigenvalue weighted by Gasteiger charge is 2.29. The van der Waals surface area contributed by atoms with Crippen LogP contribution in [0.25, 0.3) is 39.2 Å². The van der Waals surface area contributed by atoms with Crippen molar-refractivity contribution in [3.63, 3.8) is 0 Å². The SMILES string of the molecule is Cn1cnnc1-c1cc(C#N)ccc1-c1cc(C2CC2)nc(-n2cc(C3CC3)c3cc[nH]c3c2=O)c1. The number of fused-ring (bicyclic) bond motifs is 1. The first-order valence-corrected chi connectivity index (χ1v) is 12.2. The Kier molecular flexibility index (Phi) is 4.48. The summed E-state index contributed by atoms with van der Waals surface area (Å²) in [6.07, 6.45) is 9.95. The Balaban J connectivity index is 1.47. The molecule has 1 N–H and O–H groups in total. The van der Waals surface area contributed by atoms with Gasteiger partial charge in [0.25, 0.3) is 5.56 Å². The fraction of sp³-hybridized carbons (Fsp3) is 0.250. The third-order valence-electron chi connectivity index (χ3n) is 7.26. The van der Waals surface area contributed by atoms with Crippen LogP contribution in [0.2, 0.25) is 0 Å². The molecule has 0 radical (unpaired) electrons. The highest BCUT2D eigenvalue weighted by atomic mass is 16.1. The van der Waals surface area contributed by atoms with Crippen LogP contribution < -0.4 is 5.56 Å². The summed E-state index contributed by atoms with van der Waals surface area (Å²) >= 11 is 0. The number of hydrogen-bond acceptors (Lipinski definition) is 5. The normalized spacial score (nSPS) is 15.3. The van der Waals surface area contributed by atoms with Crippen molar-refractivity contribution in [3.8, 4) is 34.4 Å². The van der Waals surface area contributed by atoms with Crippen LogP contribution in [-0.2, 0) is 7.05 Å². The summed E-state index contributed by atoms with van der Waals surface area (Å²) in [6, 6.07) is 13.9. The Morgan fingerprint density at radius 1 is 1.06 bits per heavy atom. The second kappa shape index (κ2) is 7.75. The molecule has 2 aliphatic rings. The van der Waals surface area contributed by atoms with E-state index in [4.69, 9.17) is 4.98 Å². The van der Waals surface area contributed by atoms with Crippen molar-refractivity contribution < 1.29 is 0 Å². The van der Waals surface area contributed by atoms with Gasteiger partial charge >= 0.3 is 0 Å². The minimum atomic E-state index is -0.0980. The van der Waals surface area contributed by atoms with Gasteiger partial charge in [0.05, 0.1) is 11.6 Å². The fourth-order valence-corrected chi connectivity index (χ4v) is 5.05. The maximum absolute atomic E-state index is 13.5. The summed E-state index contributed by atoms with van der Waals surface area (Å²) in [4.78, 5) is 21.7. The highest BCUT2D eigenvalue weighted by Crippen LogP contribution is 2.44. The lowest BCUT2D eigenvalue weighted by atomic mass is 9.96. The van der Waals surface area contributed by atoms with Gasteiger partial charge in [0.15, 0.2) is 5.82 Å². The maximum atomic E-state index is 13.5. The molecule has 0 spiro atoms. The molecule has 36 heavy (non-hydrogen) atoms. The molecule has 2 fully saturated rings. The van der Waals surface area contributed by atoms with Gasteiger partial charge in [-0.3, -0.25) is 9.36 Å². The van der Waals surface area contributed by atoms with Crippen LogP contribution in [0.1, 0.15) is 54.3 Å². The van der Waals surface area contributed by atoms with E-state index >= 15 is 0 Å². The predicted octanol–water partition coefficient (Wildman–Crippen LogP) is 4.80. The molecule has 0 bridgehead atoms. The topological polar surface area (TPSA) is 105 Å². The molecule has 4 heterocycles. The summed E-state index contributed by atoms with van der Waals surface area (Å²) < 4.78 is 3.54. The van der Waals surface area contributed by atoms with E-state index < -0.39 is 0 Å². The van der Waals surface area contributed by atoms with Gasteiger partial charge in [0.2, 0.25) is 0 Å². The van der Waals surface area contributed by atoms with Crippen LogP contribution in [0, 0.1) is 11.3 Å². The van der Waals surface area contributed by atoms with E-state index in [0.717, 1.165) is 53.5 Å². The number of H-pyrrole nitrogens is 1. The number of nitrogens with zero attached hydrogens (tertiary/aromatic N) is 6. The molecule has 2 aliphatic carbocycles. The van der Waals surface area contributed by atoms with E-state index in [1.807, 2.05) is 54.3 Å². The monoisotopic (exact) mass is 473 g/mol. The van der Waals surface area contributed by atoms with Gasteiger partial charge in [0.1, 0.15) is 17.7 Å². The Morgan fingerprint density at radius 2 is 1.89 bits per heavy atom. The third kappa shape index (κ3) is 3.35. The first kappa shape index (κ1) is 20.8. The van der Waals surface area contributed by atoms with Crippen molar-refractivity contribution in [2.24, 2.45) is 7.05 Å². The Labute approximate surface area is 206 Å². The van der Waals surface area contributed by atoms with Gasteiger partial charge in [-0.25, -0.2) is 4.98 Å². The molecule has 0 unspecified atom stereocenters. The van der Waals surface area contributed by atoms with Crippen LogP contribution in [0.5, 0.6) is 0 Å². The summed E-state index contributed by atoms with van der Waals surface area (Å²) in [5, 5.41) is 18.9. The lowest BCUT2D eigenvalue weighted by Crippen LogP contribution is -2.20. The van der Waals surface area contributed by atoms with E-state index in [-0.39, 0.29) is 5.56 Å². The van der Waals surface area contributed by atoms with Gasteiger partial charge in [-0.1, -0.05) is 6.07 Å². The lowest BCUT2D eigenvalue weighted by molar-refractivity contribution is 0.898. The smallest absolute Gasteiger partial charge is 0.280 e. The van der Waals surface area contributed by atoms with E-state index in [1.165, 1.54) is 5.56 Å². The summed E-state index contributed by atoms with van der Waals surface area (Å²) in [5.41, 5.74) is 5.95. The molecule has 1 aromatic carbocycles. The Morgan fingerprint density at radius 3 is 2.61 bits per heavy atom. The van der Waals surface area contributed by atoms with Gasteiger partial charge in [0, 0.05) is 42.0 Å². The van der Waals surface area contributed by atoms with Gasteiger partial charge in [-0.15, -0.1) is 10.2 Å². The van der Waals surface area contributed by atoms with Crippen molar-refractivity contribution in [1.29, 1.82) is 5.26 Å². The zero-order valence-corrected chi connectivity index (χ0v) is 19.8. The minimum absolute atomic E-state index is 0.0980. The zero-order chi connectivity index (χ0) is 24.4. The largest absolute Gasteiger partial charge is 0.357 e. The molecular formula is C28H23N7O. The molecule has 8 nitrogen and oxygen atoms in total. The number of aromatic amines is 1. The first-order chi connectivity index (χ1) is 17.6. The van der Waals surface area contributed by atoms with Gasteiger partial charge in [-0.2, -0.15) is 5.26 Å². The third-order valence-corrected chi connectivity index (χ3v) is 7.26. The number of pyridine rings is 2. The predicted molar refractivity (Wildman–Crippen MR) is 136 cm³/mol. The second-order valence-electron chi connectivity index (χ2n) is 9.85. The molecule has 176 valence electrons. The van der Waals surface area contributed by atoms with E-state index in [0.29, 0.717) is 34.6 Å². The Hall–Kier alpha value is -4.51. The van der Waals surface area contributed by atoms with Crippen molar-refractivity contribution in [2.45, 2.75) is 37.5 Å². The number of nitriles is 1. The zero-order valence-electron chi connectivity index (χ0n) is 19.8. The molecule has 0 amide bonds. The number of aryl methyl sites for hydroxylation is 1. The standard InChI is InChI=1S/C28H23N7O/c1-34-15-31-33-27(34)22-10-16(13-29)2-7-20(22)19-11-24(18-5-6-18)32-25(12-19)35-14-23(17-3-4-17)21-8-9-30-26(21)28(35)36/h2,7-12,14-15,17-18,30H,3-6H2,1H3. The highest BCUT2D eigenvalue weighted by molar-refractivity contribution is 5.84. The lowest BCUT2D eigenvalue weighted by Gasteiger charge is -2.15. The number of hydrogen-bond donors (Lipinski definition) is 1. The van der Waals surface area contributed by atoms with Crippen molar-refractivity contribution in [1.82, 2.24) is 29.3 Å². The fourth-order valence-electron chi connectivity index (χ4n) is 5.05. The number of rotatable bonds is 5. The first-order valence-electron chi connectivity index (χ1n) is 12.2. The average molecular weight is 474 g/mol. The second-order valence-corrected chi connectivity index (χ2v) is 9.85. The van der Waals surface area contributed by atoms with E-state index in [1.54, 1.807) is 10.9 Å². The van der Waals surface area contributed by atoms with Gasteiger partial charge < -0.3 is 9.55 Å². The molecule has 5 aromatic rings. The Bertz CT molecular complexity index is 1760. The van der Waals surface area contributed by atoms with E-state index in [9.17, 15) is 10.1 Å². The molecule has 0 aliphatic heterocycles. The molecule has 2 saturated carbocycles. The number of benzene rings is 1. The number of nitrogens with one attached hydrogen (secondary N) is 1. The van der Waals surface area contributed by atoms with Crippen molar-refractivity contribution in [3.05, 3.63) is 82.3 Å².